The summed E-state index contributed by atoms with van der Waals surface area (Å²) in [6, 6.07) is 10.7. The van der Waals surface area contributed by atoms with Crippen molar-refractivity contribution in [3.63, 3.8) is 0 Å². The predicted octanol–water partition coefficient (Wildman–Crippen LogP) is 3.66. The molecule has 0 radical (unpaired) electrons. The van der Waals surface area contributed by atoms with Crippen LogP contribution < -0.4 is 4.90 Å². The first-order valence-corrected chi connectivity index (χ1v) is 8.70. The molecule has 1 aliphatic heterocycles. The van der Waals surface area contributed by atoms with Crippen LogP contribution in [0.5, 0.6) is 0 Å². The van der Waals surface area contributed by atoms with Crippen LogP contribution in [-0.2, 0) is 6.54 Å². The Bertz CT molecular complexity index is 822. The summed E-state index contributed by atoms with van der Waals surface area (Å²) in [4.78, 5) is 2.45. The number of aromatic nitrogens is 4. The van der Waals surface area contributed by atoms with Gasteiger partial charge in [-0.15, -0.1) is 0 Å². The fraction of sp³-hybridized carbons (Fsp3) is 0.368. The smallest absolute Gasteiger partial charge is 0.0961 e. The molecule has 4 rings (SSSR count). The first-order chi connectivity index (χ1) is 11.8. The molecule has 0 amide bonds. The summed E-state index contributed by atoms with van der Waals surface area (Å²) in [5.41, 5.74) is 5.63. The summed E-state index contributed by atoms with van der Waals surface area (Å²) in [5, 5.41) is 9.15. The zero-order valence-corrected chi connectivity index (χ0v) is 14.3. The minimum Gasteiger partial charge on any atom is -0.372 e. The Hall–Kier alpha value is -2.56. The molecule has 0 N–H and O–H groups in total. The Balaban J connectivity index is 1.59. The molecule has 24 heavy (non-hydrogen) atoms. The lowest BCUT2D eigenvalue weighted by molar-refractivity contribution is 0.640. The van der Waals surface area contributed by atoms with E-state index in [0.29, 0.717) is 0 Å². The third-order valence-corrected chi connectivity index (χ3v) is 4.85. The van der Waals surface area contributed by atoms with E-state index >= 15 is 0 Å². The van der Waals surface area contributed by atoms with Crippen molar-refractivity contribution in [1.82, 2.24) is 19.6 Å². The first kappa shape index (κ1) is 15.0. The lowest BCUT2D eigenvalue weighted by atomic mass is 10.2. The zero-order chi connectivity index (χ0) is 16.5. The highest BCUT2D eigenvalue weighted by molar-refractivity contribution is 5.61. The van der Waals surface area contributed by atoms with E-state index in [9.17, 15) is 0 Å². The second-order valence-electron chi connectivity index (χ2n) is 6.32. The number of anilines is 1. The average molecular weight is 321 g/mol. The molecule has 0 bridgehead atoms. The van der Waals surface area contributed by atoms with E-state index in [1.165, 1.54) is 31.6 Å². The Morgan fingerprint density at radius 2 is 1.71 bits per heavy atom. The average Bonchev–Trinajstić information content (AvgIpc) is 3.35. The summed E-state index contributed by atoms with van der Waals surface area (Å²) in [7, 11) is 0. The molecule has 1 fully saturated rings. The van der Waals surface area contributed by atoms with Crippen molar-refractivity contribution >= 4 is 5.69 Å². The Morgan fingerprint density at radius 1 is 1.00 bits per heavy atom. The maximum Gasteiger partial charge on any atom is 0.0961 e. The quantitative estimate of drug-likeness (QED) is 0.736. The molecule has 3 heterocycles. The van der Waals surface area contributed by atoms with E-state index in [0.717, 1.165) is 29.2 Å². The van der Waals surface area contributed by atoms with Gasteiger partial charge in [-0.25, -0.2) is 4.68 Å². The van der Waals surface area contributed by atoms with Gasteiger partial charge in [0.2, 0.25) is 0 Å². The van der Waals surface area contributed by atoms with Crippen molar-refractivity contribution in [2.24, 2.45) is 0 Å². The minimum absolute atomic E-state index is 0.879. The number of hydrogen-bond acceptors (Lipinski definition) is 3. The second kappa shape index (κ2) is 6.15. The standard InChI is InChI=1S/C19H23N5/c1-3-23-15(2)18(14-20-23)19-10-13-24(21-19)17-8-6-16(7-9-17)22-11-4-5-12-22/h6-10,13-14H,3-5,11-12H2,1-2H3. The molecular formula is C19H23N5. The monoisotopic (exact) mass is 321 g/mol. The van der Waals surface area contributed by atoms with Crippen LogP contribution in [0.3, 0.4) is 0 Å². The molecule has 3 aromatic rings. The Kier molecular flexibility index (Phi) is 3.84. The van der Waals surface area contributed by atoms with Crippen LogP contribution in [0.1, 0.15) is 25.5 Å². The van der Waals surface area contributed by atoms with E-state index in [1.54, 1.807) is 0 Å². The molecular weight excluding hydrogens is 298 g/mol. The maximum atomic E-state index is 4.74. The van der Waals surface area contributed by atoms with Gasteiger partial charge >= 0.3 is 0 Å². The van der Waals surface area contributed by atoms with Gasteiger partial charge in [0.25, 0.3) is 0 Å². The molecule has 1 aliphatic rings. The second-order valence-corrected chi connectivity index (χ2v) is 6.32. The summed E-state index contributed by atoms with van der Waals surface area (Å²) < 4.78 is 3.94. The van der Waals surface area contributed by atoms with Crippen LogP contribution in [0, 0.1) is 6.92 Å². The Labute approximate surface area is 142 Å². The number of rotatable bonds is 4. The highest BCUT2D eigenvalue weighted by Crippen LogP contribution is 2.24. The fourth-order valence-corrected chi connectivity index (χ4v) is 3.42. The molecule has 0 atom stereocenters. The van der Waals surface area contributed by atoms with E-state index < -0.39 is 0 Å². The van der Waals surface area contributed by atoms with Crippen LogP contribution in [0.25, 0.3) is 16.9 Å². The van der Waals surface area contributed by atoms with Crippen molar-refractivity contribution in [3.05, 3.63) is 48.4 Å². The molecule has 0 aliphatic carbocycles. The predicted molar refractivity (Wildman–Crippen MR) is 96.6 cm³/mol. The van der Waals surface area contributed by atoms with Crippen molar-refractivity contribution in [3.8, 4) is 16.9 Å². The van der Waals surface area contributed by atoms with Crippen LogP contribution in [0.4, 0.5) is 5.69 Å². The van der Waals surface area contributed by atoms with Crippen LogP contribution >= 0.6 is 0 Å². The van der Waals surface area contributed by atoms with Gasteiger partial charge in [0.05, 0.1) is 17.6 Å². The summed E-state index contributed by atoms with van der Waals surface area (Å²) in [5.74, 6) is 0. The number of hydrogen-bond donors (Lipinski definition) is 0. The number of nitrogens with zero attached hydrogens (tertiary/aromatic N) is 5. The Morgan fingerprint density at radius 3 is 2.38 bits per heavy atom. The topological polar surface area (TPSA) is 38.9 Å². The third-order valence-electron chi connectivity index (χ3n) is 4.85. The molecule has 0 saturated carbocycles. The molecule has 5 heteroatoms. The molecule has 5 nitrogen and oxygen atoms in total. The normalized spacial score (nSPS) is 14.5. The molecule has 124 valence electrons. The van der Waals surface area contributed by atoms with E-state index in [-0.39, 0.29) is 0 Å². The van der Waals surface area contributed by atoms with Gasteiger partial charge in [-0.1, -0.05) is 0 Å². The van der Waals surface area contributed by atoms with Gasteiger partial charge in [0.1, 0.15) is 0 Å². The van der Waals surface area contributed by atoms with Gasteiger partial charge in [-0.3, -0.25) is 4.68 Å². The fourth-order valence-electron chi connectivity index (χ4n) is 3.42. The van der Waals surface area contributed by atoms with E-state index in [2.05, 4.69) is 54.2 Å². The molecule has 2 aromatic heterocycles. The van der Waals surface area contributed by atoms with Gasteiger partial charge in [-0.05, 0) is 57.0 Å². The molecule has 1 saturated heterocycles. The maximum absolute atomic E-state index is 4.74. The third kappa shape index (κ3) is 2.60. The van der Waals surface area contributed by atoms with Gasteiger partial charge in [-0.2, -0.15) is 10.2 Å². The SMILES string of the molecule is CCn1ncc(-c2ccn(-c3ccc(N4CCCC4)cc3)n2)c1C. The number of benzene rings is 1. The largest absolute Gasteiger partial charge is 0.372 e. The van der Waals surface area contributed by atoms with Crippen LogP contribution in [-0.4, -0.2) is 32.7 Å². The van der Waals surface area contributed by atoms with Crippen molar-refractivity contribution in [2.75, 3.05) is 18.0 Å². The molecule has 0 unspecified atom stereocenters. The number of aryl methyl sites for hydroxylation is 1. The zero-order valence-electron chi connectivity index (χ0n) is 14.3. The van der Waals surface area contributed by atoms with Gasteiger partial charge < -0.3 is 4.90 Å². The first-order valence-electron chi connectivity index (χ1n) is 8.70. The van der Waals surface area contributed by atoms with Gasteiger partial charge in [0, 0.05) is 42.8 Å². The highest BCUT2D eigenvalue weighted by atomic mass is 15.3. The lowest BCUT2D eigenvalue weighted by Crippen LogP contribution is -2.17. The summed E-state index contributed by atoms with van der Waals surface area (Å²) >= 11 is 0. The van der Waals surface area contributed by atoms with E-state index in [4.69, 9.17) is 5.10 Å². The van der Waals surface area contributed by atoms with Crippen molar-refractivity contribution in [1.29, 1.82) is 0 Å². The lowest BCUT2D eigenvalue weighted by Gasteiger charge is -2.17. The van der Waals surface area contributed by atoms with Crippen molar-refractivity contribution < 1.29 is 0 Å². The summed E-state index contributed by atoms with van der Waals surface area (Å²) in [6.07, 6.45) is 6.52. The molecule has 0 spiro atoms. The van der Waals surface area contributed by atoms with Crippen LogP contribution in [0.15, 0.2) is 42.7 Å². The minimum atomic E-state index is 0.879. The van der Waals surface area contributed by atoms with E-state index in [1.807, 2.05) is 21.8 Å². The molecule has 1 aromatic carbocycles. The van der Waals surface area contributed by atoms with Crippen LogP contribution in [0.2, 0.25) is 0 Å². The highest BCUT2D eigenvalue weighted by Gasteiger charge is 2.13. The summed E-state index contributed by atoms with van der Waals surface area (Å²) in [6.45, 7) is 7.42. The van der Waals surface area contributed by atoms with Gasteiger partial charge in [0.15, 0.2) is 0 Å². The van der Waals surface area contributed by atoms with Crippen molar-refractivity contribution in [2.45, 2.75) is 33.2 Å².